The van der Waals surface area contributed by atoms with Gasteiger partial charge in [0.25, 0.3) is 5.91 Å². The smallest absolute Gasteiger partial charge is 0.265 e. The minimum atomic E-state index is -0.649. The zero-order valence-corrected chi connectivity index (χ0v) is 13.2. The normalized spacial score (nSPS) is 11.8. The Hall–Kier alpha value is -1.71. The van der Waals surface area contributed by atoms with E-state index in [0.29, 0.717) is 21.5 Å². The summed E-state index contributed by atoms with van der Waals surface area (Å²) in [7, 11) is 0. The maximum absolute atomic E-state index is 12.1. The lowest BCUT2D eigenvalue weighted by molar-refractivity contribution is -0.122. The molecule has 2 aromatic rings. The summed E-state index contributed by atoms with van der Waals surface area (Å²) in [5, 5.41) is 3.93. The number of rotatable bonds is 4. The lowest BCUT2D eigenvalue weighted by atomic mass is 10.2. The Labute approximate surface area is 133 Å². The van der Waals surface area contributed by atoms with E-state index in [-0.39, 0.29) is 5.91 Å². The average Bonchev–Trinajstić information content (AvgIpc) is 2.43. The molecule has 0 aliphatic heterocycles. The molecule has 0 saturated heterocycles. The predicted molar refractivity (Wildman–Crippen MR) is 86.4 cm³/mol. The third-order valence-corrected chi connectivity index (χ3v) is 3.56. The quantitative estimate of drug-likeness (QED) is 0.885. The first-order valence-electron chi connectivity index (χ1n) is 6.45. The van der Waals surface area contributed by atoms with Crippen LogP contribution < -0.4 is 10.1 Å². The molecular formula is C16H15Cl2NO2. The number of nitrogens with one attached hydrogen (secondary N) is 1. The third-order valence-electron chi connectivity index (χ3n) is 2.92. The summed E-state index contributed by atoms with van der Waals surface area (Å²) < 4.78 is 5.55. The molecule has 2 rings (SSSR count). The van der Waals surface area contributed by atoms with E-state index < -0.39 is 6.10 Å². The number of hydrogen-bond donors (Lipinski definition) is 1. The summed E-state index contributed by atoms with van der Waals surface area (Å²) in [5.41, 5.74) is 1.59. The lowest BCUT2D eigenvalue weighted by Gasteiger charge is -2.15. The van der Waals surface area contributed by atoms with Crippen LogP contribution in [0.4, 0.5) is 5.69 Å². The molecule has 0 aliphatic carbocycles. The van der Waals surface area contributed by atoms with Gasteiger partial charge in [-0.2, -0.15) is 0 Å². The molecule has 2 aromatic carbocycles. The van der Waals surface area contributed by atoms with Crippen LogP contribution in [0.3, 0.4) is 0 Å². The van der Waals surface area contributed by atoms with E-state index in [0.717, 1.165) is 5.56 Å². The molecule has 3 nitrogen and oxygen atoms in total. The molecule has 1 N–H and O–H groups in total. The van der Waals surface area contributed by atoms with E-state index in [1.807, 2.05) is 13.0 Å². The van der Waals surface area contributed by atoms with E-state index in [4.69, 9.17) is 27.9 Å². The Morgan fingerprint density at radius 2 is 1.95 bits per heavy atom. The Morgan fingerprint density at radius 3 is 2.62 bits per heavy atom. The first kappa shape index (κ1) is 15.7. The number of halogens is 2. The molecule has 0 spiro atoms. The number of amides is 1. The molecule has 0 bridgehead atoms. The van der Waals surface area contributed by atoms with Gasteiger partial charge in [0, 0.05) is 15.7 Å². The summed E-state index contributed by atoms with van der Waals surface area (Å²) in [5.74, 6) is 0.294. The van der Waals surface area contributed by atoms with Gasteiger partial charge in [0.1, 0.15) is 5.75 Å². The van der Waals surface area contributed by atoms with Crippen molar-refractivity contribution in [3.05, 3.63) is 58.1 Å². The summed E-state index contributed by atoms with van der Waals surface area (Å²) >= 11 is 11.9. The van der Waals surface area contributed by atoms with Crippen LogP contribution in [0, 0.1) is 6.92 Å². The van der Waals surface area contributed by atoms with Crippen LogP contribution in [-0.2, 0) is 4.79 Å². The van der Waals surface area contributed by atoms with Crippen LogP contribution in [0.2, 0.25) is 10.0 Å². The third kappa shape index (κ3) is 4.38. The Kier molecular flexibility index (Phi) is 5.10. The van der Waals surface area contributed by atoms with Gasteiger partial charge in [-0.05, 0) is 49.7 Å². The highest BCUT2D eigenvalue weighted by atomic mass is 35.5. The first-order valence-corrected chi connectivity index (χ1v) is 7.20. The zero-order valence-electron chi connectivity index (χ0n) is 11.7. The summed E-state index contributed by atoms with van der Waals surface area (Å²) in [6.45, 7) is 3.57. The lowest BCUT2D eigenvalue weighted by Crippen LogP contribution is -2.30. The van der Waals surface area contributed by atoms with Crippen molar-refractivity contribution in [1.82, 2.24) is 0 Å². The largest absolute Gasteiger partial charge is 0.481 e. The van der Waals surface area contributed by atoms with Crippen molar-refractivity contribution in [2.45, 2.75) is 20.0 Å². The monoisotopic (exact) mass is 323 g/mol. The number of carbonyl (C=O) groups excluding carboxylic acids is 1. The average molecular weight is 324 g/mol. The van der Waals surface area contributed by atoms with Crippen molar-refractivity contribution in [1.29, 1.82) is 0 Å². The Bertz CT molecular complexity index is 658. The van der Waals surface area contributed by atoms with Crippen LogP contribution in [0.1, 0.15) is 12.5 Å². The van der Waals surface area contributed by atoms with Gasteiger partial charge in [-0.15, -0.1) is 0 Å². The highest BCUT2D eigenvalue weighted by molar-refractivity contribution is 6.31. The van der Waals surface area contributed by atoms with Gasteiger partial charge in [-0.3, -0.25) is 4.79 Å². The fourth-order valence-electron chi connectivity index (χ4n) is 1.71. The number of benzene rings is 2. The molecule has 1 atom stereocenters. The molecule has 5 heteroatoms. The van der Waals surface area contributed by atoms with Crippen LogP contribution >= 0.6 is 23.2 Å². The minimum absolute atomic E-state index is 0.255. The molecule has 0 saturated carbocycles. The minimum Gasteiger partial charge on any atom is -0.481 e. The van der Waals surface area contributed by atoms with Crippen molar-refractivity contribution in [2.75, 3.05) is 5.32 Å². The van der Waals surface area contributed by atoms with Crippen LogP contribution in [0.15, 0.2) is 42.5 Å². The van der Waals surface area contributed by atoms with Gasteiger partial charge < -0.3 is 10.1 Å². The highest BCUT2D eigenvalue weighted by Gasteiger charge is 2.15. The Morgan fingerprint density at radius 1 is 1.19 bits per heavy atom. The van der Waals surface area contributed by atoms with Crippen LogP contribution in [-0.4, -0.2) is 12.0 Å². The maximum atomic E-state index is 12.1. The van der Waals surface area contributed by atoms with E-state index in [2.05, 4.69) is 5.32 Å². The second-order valence-corrected chi connectivity index (χ2v) is 5.51. The van der Waals surface area contributed by atoms with Crippen LogP contribution in [0.5, 0.6) is 5.75 Å². The molecular weight excluding hydrogens is 309 g/mol. The molecule has 0 aromatic heterocycles. The molecule has 0 radical (unpaired) electrons. The van der Waals surface area contributed by atoms with Gasteiger partial charge in [0.2, 0.25) is 0 Å². The van der Waals surface area contributed by atoms with Gasteiger partial charge in [0.05, 0.1) is 0 Å². The first-order chi connectivity index (χ1) is 9.95. The molecule has 21 heavy (non-hydrogen) atoms. The maximum Gasteiger partial charge on any atom is 0.265 e. The molecule has 0 fully saturated rings. The van der Waals surface area contributed by atoms with E-state index in [9.17, 15) is 4.79 Å². The number of carbonyl (C=O) groups is 1. The number of hydrogen-bond acceptors (Lipinski definition) is 2. The molecule has 0 heterocycles. The highest BCUT2D eigenvalue weighted by Crippen LogP contribution is 2.21. The summed E-state index contributed by atoms with van der Waals surface area (Å²) in [6.07, 6.45) is -0.649. The van der Waals surface area contributed by atoms with Gasteiger partial charge in [0.15, 0.2) is 6.10 Å². The van der Waals surface area contributed by atoms with Gasteiger partial charge >= 0.3 is 0 Å². The van der Waals surface area contributed by atoms with Crippen molar-refractivity contribution in [2.24, 2.45) is 0 Å². The fourth-order valence-corrected chi connectivity index (χ4v) is 2.07. The van der Waals surface area contributed by atoms with Gasteiger partial charge in [-0.25, -0.2) is 0 Å². The second-order valence-electron chi connectivity index (χ2n) is 4.67. The molecule has 1 amide bonds. The van der Waals surface area contributed by atoms with Crippen molar-refractivity contribution >= 4 is 34.8 Å². The topological polar surface area (TPSA) is 38.3 Å². The van der Waals surface area contributed by atoms with E-state index >= 15 is 0 Å². The number of ether oxygens (including phenoxy) is 1. The molecule has 0 aliphatic rings. The zero-order chi connectivity index (χ0) is 15.4. The van der Waals surface area contributed by atoms with Crippen molar-refractivity contribution in [3.63, 3.8) is 0 Å². The number of anilines is 1. The van der Waals surface area contributed by atoms with Crippen molar-refractivity contribution < 1.29 is 9.53 Å². The molecule has 0 unspecified atom stereocenters. The SMILES string of the molecule is Cc1ccc(NC(=O)[C@@H](C)Oc2cccc(Cl)c2)cc1Cl. The predicted octanol–water partition coefficient (Wildman–Crippen LogP) is 4.71. The summed E-state index contributed by atoms with van der Waals surface area (Å²) in [4.78, 5) is 12.1. The van der Waals surface area contributed by atoms with E-state index in [1.165, 1.54) is 0 Å². The second kappa shape index (κ2) is 6.83. The van der Waals surface area contributed by atoms with Crippen molar-refractivity contribution in [3.8, 4) is 5.75 Å². The number of aryl methyl sites for hydroxylation is 1. The van der Waals surface area contributed by atoms with Crippen LogP contribution in [0.25, 0.3) is 0 Å². The fraction of sp³-hybridized carbons (Fsp3) is 0.188. The standard InChI is InChI=1S/C16H15Cl2NO2/c1-10-6-7-13(9-15(10)18)19-16(20)11(2)21-14-5-3-4-12(17)8-14/h3-9,11H,1-2H3,(H,19,20)/t11-/m1/s1. The Balaban J connectivity index is 2.00. The summed E-state index contributed by atoms with van der Waals surface area (Å²) in [6, 6.07) is 12.3. The molecule has 110 valence electrons. The van der Waals surface area contributed by atoms with Gasteiger partial charge in [-0.1, -0.05) is 35.3 Å². The van der Waals surface area contributed by atoms with E-state index in [1.54, 1.807) is 43.3 Å².